The van der Waals surface area contributed by atoms with Crippen LogP contribution in [-0.4, -0.2) is 31.2 Å². The average Bonchev–Trinajstić information content (AvgIpc) is 3.24. The number of anilines is 1. The number of rotatable bonds is 5. The van der Waals surface area contributed by atoms with E-state index in [0.29, 0.717) is 29.4 Å². The summed E-state index contributed by atoms with van der Waals surface area (Å²) in [5.74, 6) is -0.294. The fourth-order valence-corrected chi connectivity index (χ4v) is 6.20. The first-order valence-corrected chi connectivity index (χ1v) is 10.7. The topological polar surface area (TPSA) is 66.5 Å². The Morgan fingerprint density at radius 2 is 2.16 bits per heavy atom. The third-order valence-corrected chi connectivity index (χ3v) is 7.83. The summed E-state index contributed by atoms with van der Waals surface area (Å²) in [7, 11) is -3.71. The molecule has 0 spiro atoms. The highest BCUT2D eigenvalue weighted by molar-refractivity contribution is 7.91. The van der Waals surface area contributed by atoms with Gasteiger partial charge in [-0.15, -0.1) is 11.3 Å². The van der Waals surface area contributed by atoms with E-state index in [1.54, 1.807) is 6.07 Å². The Kier molecular flexibility index (Phi) is 5.48. The predicted molar refractivity (Wildman–Crippen MR) is 101 cm³/mol. The molecule has 1 atom stereocenters. The summed E-state index contributed by atoms with van der Waals surface area (Å²) in [6.45, 7) is 2.38. The van der Waals surface area contributed by atoms with Crippen molar-refractivity contribution in [2.45, 2.75) is 36.4 Å². The van der Waals surface area contributed by atoms with E-state index in [4.69, 9.17) is 11.6 Å². The van der Waals surface area contributed by atoms with Crippen molar-refractivity contribution >= 4 is 44.6 Å². The first-order chi connectivity index (χ1) is 11.9. The minimum atomic E-state index is -3.71. The van der Waals surface area contributed by atoms with Crippen LogP contribution in [0.1, 0.15) is 25.3 Å². The van der Waals surface area contributed by atoms with Gasteiger partial charge in [0.05, 0.1) is 4.34 Å². The van der Waals surface area contributed by atoms with Crippen LogP contribution in [0.25, 0.3) is 0 Å². The van der Waals surface area contributed by atoms with Crippen LogP contribution < -0.4 is 5.32 Å². The first kappa shape index (κ1) is 18.4. The zero-order valence-electron chi connectivity index (χ0n) is 13.7. The van der Waals surface area contributed by atoms with Gasteiger partial charge >= 0.3 is 0 Å². The van der Waals surface area contributed by atoms with Gasteiger partial charge in [-0.25, -0.2) is 8.42 Å². The van der Waals surface area contributed by atoms with Crippen molar-refractivity contribution in [2.24, 2.45) is 0 Å². The van der Waals surface area contributed by atoms with Gasteiger partial charge in [0.1, 0.15) is 10.3 Å². The van der Waals surface area contributed by atoms with Crippen LogP contribution in [0.2, 0.25) is 4.34 Å². The molecule has 2 heterocycles. The predicted octanol–water partition coefficient (Wildman–Crippen LogP) is 3.76. The lowest BCUT2D eigenvalue weighted by Crippen LogP contribution is -2.42. The molecule has 1 aromatic heterocycles. The van der Waals surface area contributed by atoms with E-state index in [1.807, 2.05) is 31.2 Å². The largest absolute Gasteiger partial charge is 0.325 e. The minimum Gasteiger partial charge on any atom is -0.325 e. The third-order valence-electron chi connectivity index (χ3n) is 4.22. The highest BCUT2D eigenvalue weighted by Crippen LogP contribution is 2.32. The maximum absolute atomic E-state index is 12.8. The lowest BCUT2D eigenvalue weighted by Gasteiger charge is -2.22. The van der Waals surface area contributed by atoms with Crippen LogP contribution in [0.4, 0.5) is 5.69 Å². The molecule has 0 saturated carbocycles. The van der Waals surface area contributed by atoms with E-state index < -0.39 is 16.1 Å². The number of benzene rings is 1. The van der Waals surface area contributed by atoms with Gasteiger partial charge in [-0.1, -0.05) is 30.7 Å². The molecule has 1 aliphatic rings. The molecule has 5 nitrogen and oxygen atoms in total. The number of carbonyl (C=O) groups is 1. The molecular weight excluding hydrogens is 380 g/mol. The van der Waals surface area contributed by atoms with Crippen molar-refractivity contribution in [1.29, 1.82) is 0 Å². The average molecular weight is 399 g/mol. The standard InChI is InChI=1S/C17H19ClN2O3S2/c1-2-12-5-3-6-13(11-12)19-17(21)14-7-4-10-20(14)25(22,23)16-9-8-15(18)24-16/h3,5-6,8-9,11,14H,2,4,7,10H2,1H3,(H,19,21). The van der Waals surface area contributed by atoms with E-state index >= 15 is 0 Å². The lowest BCUT2D eigenvalue weighted by molar-refractivity contribution is -0.119. The second-order valence-corrected chi connectivity index (χ2v) is 9.71. The number of aryl methyl sites for hydroxylation is 1. The summed E-state index contributed by atoms with van der Waals surface area (Å²) in [6.07, 6.45) is 2.04. The number of nitrogens with zero attached hydrogens (tertiary/aromatic N) is 1. The Hall–Kier alpha value is -1.41. The summed E-state index contributed by atoms with van der Waals surface area (Å²) < 4.78 is 27.5. The second-order valence-electron chi connectivity index (χ2n) is 5.88. The van der Waals surface area contributed by atoms with Crippen molar-refractivity contribution < 1.29 is 13.2 Å². The van der Waals surface area contributed by atoms with Crippen molar-refractivity contribution in [3.05, 3.63) is 46.3 Å². The quantitative estimate of drug-likeness (QED) is 0.833. The molecule has 0 aliphatic carbocycles. The highest BCUT2D eigenvalue weighted by atomic mass is 35.5. The first-order valence-electron chi connectivity index (χ1n) is 8.09. The van der Waals surface area contributed by atoms with Gasteiger partial charge in [0.2, 0.25) is 5.91 Å². The maximum Gasteiger partial charge on any atom is 0.253 e. The maximum atomic E-state index is 12.8. The summed E-state index contributed by atoms with van der Waals surface area (Å²) >= 11 is 6.87. The molecule has 134 valence electrons. The van der Waals surface area contributed by atoms with Crippen LogP contribution >= 0.6 is 22.9 Å². The van der Waals surface area contributed by atoms with Crippen LogP contribution in [0, 0.1) is 0 Å². The van der Waals surface area contributed by atoms with Gasteiger partial charge < -0.3 is 5.32 Å². The summed E-state index contributed by atoms with van der Waals surface area (Å²) in [6, 6.07) is 9.93. The molecule has 1 fully saturated rings. The van der Waals surface area contributed by atoms with E-state index in [9.17, 15) is 13.2 Å². The van der Waals surface area contributed by atoms with Crippen LogP contribution in [0.5, 0.6) is 0 Å². The lowest BCUT2D eigenvalue weighted by atomic mass is 10.1. The van der Waals surface area contributed by atoms with Crippen molar-refractivity contribution in [3.63, 3.8) is 0 Å². The van der Waals surface area contributed by atoms with E-state index in [2.05, 4.69) is 5.32 Å². The van der Waals surface area contributed by atoms with Gasteiger partial charge in [-0.3, -0.25) is 4.79 Å². The second kappa shape index (κ2) is 7.45. The van der Waals surface area contributed by atoms with E-state index in [-0.39, 0.29) is 10.1 Å². The van der Waals surface area contributed by atoms with Crippen LogP contribution in [-0.2, 0) is 21.2 Å². The molecule has 1 aliphatic heterocycles. The highest BCUT2D eigenvalue weighted by Gasteiger charge is 2.40. The summed E-state index contributed by atoms with van der Waals surface area (Å²) in [5, 5.41) is 2.85. The SMILES string of the molecule is CCc1cccc(NC(=O)C2CCCN2S(=O)(=O)c2ccc(Cl)s2)c1. The van der Waals surface area contributed by atoms with E-state index in [0.717, 1.165) is 23.3 Å². The fourth-order valence-electron chi connectivity index (χ4n) is 2.94. The molecule has 0 radical (unpaired) electrons. The van der Waals surface area contributed by atoms with Gasteiger partial charge in [0, 0.05) is 12.2 Å². The molecule has 3 rings (SSSR count). The molecule has 8 heteroatoms. The Balaban J connectivity index is 1.80. The number of amides is 1. The summed E-state index contributed by atoms with van der Waals surface area (Å²) in [4.78, 5) is 12.7. The molecule has 0 bridgehead atoms. The van der Waals surface area contributed by atoms with Gasteiger partial charge in [0.25, 0.3) is 10.0 Å². The zero-order valence-corrected chi connectivity index (χ0v) is 16.1. The smallest absolute Gasteiger partial charge is 0.253 e. The van der Waals surface area contributed by atoms with Gasteiger partial charge in [0.15, 0.2) is 0 Å². The fraction of sp³-hybridized carbons (Fsp3) is 0.353. The molecule has 1 amide bonds. The summed E-state index contributed by atoms with van der Waals surface area (Å²) in [5.41, 5.74) is 1.80. The molecule has 2 aromatic rings. The Morgan fingerprint density at radius 1 is 1.36 bits per heavy atom. The Labute approximate surface area is 156 Å². The van der Waals surface area contributed by atoms with Crippen molar-refractivity contribution in [3.8, 4) is 0 Å². The van der Waals surface area contributed by atoms with Crippen molar-refractivity contribution in [2.75, 3.05) is 11.9 Å². The molecule has 1 aromatic carbocycles. The molecule has 25 heavy (non-hydrogen) atoms. The number of sulfonamides is 1. The number of hydrogen-bond donors (Lipinski definition) is 1. The molecule has 1 unspecified atom stereocenters. The van der Waals surface area contributed by atoms with Gasteiger partial charge in [-0.05, 0) is 49.1 Å². The normalized spacial score (nSPS) is 18.4. The number of halogens is 1. The van der Waals surface area contributed by atoms with Gasteiger partial charge in [-0.2, -0.15) is 4.31 Å². The molecule has 1 N–H and O–H groups in total. The van der Waals surface area contributed by atoms with Crippen LogP contribution in [0.3, 0.4) is 0 Å². The molecule has 1 saturated heterocycles. The number of thiophene rings is 1. The third kappa shape index (κ3) is 3.89. The minimum absolute atomic E-state index is 0.171. The number of hydrogen-bond acceptors (Lipinski definition) is 4. The Morgan fingerprint density at radius 3 is 2.84 bits per heavy atom. The zero-order chi connectivity index (χ0) is 18.0. The Bertz CT molecular complexity index is 880. The van der Waals surface area contributed by atoms with Crippen molar-refractivity contribution in [1.82, 2.24) is 4.31 Å². The number of nitrogens with one attached hydrogen (secondary N) is 1. The number of carbonyl (C=O) groups excluding carboxylic acids is 1. The van der Waals surface area contributed by atoms with E-state index in [1.165, 1.54) is 10.4 Å². The molecular formula is C17H19ClN2O3S2. The monoisotopic (exact) mass is 398 g/mol. The van der Waals surface area contributed by atoms with Crippen LogP contribution in [0.15, 0.2) is 40.6 Å².